The van der Waals surface area contributed by atoms with Gasteiger partial charge in [-0.1, -0.05) is 0 Å². The van der Waals surface area contributed by atoms with Gasteiger partial charge in [0.2, 0.25) is 0 Å². The second-order valence-electron chi connectivity index (χ2n) is 10.6. The first-order chi connectivity index (χ1) is 22.2. The van der Waals surface area contributed by atoms with Gasteiger partial charge in [-0.2, -0.15) is 0 Å². The Bertz CT molecular complexity index is 1280. The van der Waals surface area contributed by atoms with Gasteiger partial charge >= 0.3 is 278 Å². The van der Waals surface area contributed by atoms with Crippen LogP contribution in [0.25, 0.3) is 0 Å². The van der Waals surface area contributed by atoms with E-state index in [9.17, 15) is 28.8 Å². The first-order valence-corrected chi connectivity index (χ1v) is 16.4. The third kappa shape index (κ3) is 11.3. The van der Waals surface area contributed by atoms with Crippen molar-refractivity contribution in [3.05, 3.63) is 30.3 Å². The number of carbonyl (C=O) groups excluding carboxylic acids is 6. The average Bonchev–Trinajstić information content (AvgIpc) is 2.97. The summed E-state index contributed by atoms with van der Waals surface area (Å²) >= 11 is -0.410. The summed E-state index contributed by atoms with van der Waals surface area (Å²) in [6.07, 6.45) is -11.1. The molecule has 16 nitrogen and oxygen atoms in total. The molecule has 17 heteroatoms. The maximum absolute atomic E-state index is 12.4. The Labute approximate surface area is 277 Å². The molecule has 2 heterocycles. The predicted molar refractivity (Wildman–Crippen MR) is 157 cm³/mol. The molecule has 260 valence electrons. The number of nitrogens with two attached hydrogens (primary N) is 1. The minimum absolute atomic E-state index is 0.364. The van der Waals surface area contributed by atoms with Crippen LogP contribution in [0.4, 0.5) is 0 Å². The van der Waals surface area contributed by atoms with Gasteiger partial charge < -0.3 is 0 Å². The van der Waals surface area contributed by atoms with Crippen LogP contribution in [0, 0.1) is 0 Å². The van der Waals surface area contributed by atoms with Gasteiger partial charge in [0, 0.05) is 0 Å². The van der Waals surface area contributed by atoms with E-state index in [1.54, 1.807) is 0 Å². The fourth-order valence-corrected chi connectivity index (χ4v) is 7.25. The Morgan fingerprint density at radius 1 is 0.617 bits per heavy atom. The number of rotatable bonds is 12. The molecular formula is C30H39NO15Se. The van der Waals surface area contributed by atoms with E-state index in [4.69, 9.17) is 48.4 Å². The zero-order valence-electron chi connectivity index (χ0n) is 26.7. The first-order valence-electron chi connectivity index (χ1n) is 14.6. The van der Waals surface area contributed by atoms with Crippen molar-refractivity contribution < 1.29 is 71.4 Å². The third-order valence-corrected chi connectivity index (χ3v) is 9.20. The molecule has 0 bridgehead atoms. The Kier molecular flexibility index (Phi) is 14.1. The molecule has 2 aliphatic rings. The number of ether oxygens (including phenoxy) is 9. The molecule has 10 atom stereocenters. The average molecular weight is 733 g/mol. The van der Waals surface area contributed by atoms with Gasteiger partial charge in [0.1, 0.15) is 0 Å². The minimum atomic E-state index is -1.65. The second kappa shape index (κ2) is 17.5. The van der Waals surface area contributed by atoms with Crippen LogP contribution in [0.3, 0.4) is 0 Å². The van der Waals surface area contributed by atoms with E-state index in [1.807, 2.05) is 30.3 Å². The molecule has 0 aliphatic carbocycles. The van der Waals surface area contributed by atoms with Crippen molar-refractivity contribution in [2.24, 2.45) is 5.73 Å². The Morgan fingerprint density at radius 3 is 1.60 bits per heavy atom. The molecule has 0 unspecified atom stereocenters. The van der Waals surface area contributed by atoms with Gasteiger partial charge in [-0.3, -0.25) is 0 Å². The van der Waals surface area contributed by atoms with E-state index in [2.05, 4.69) is 0 Å². The van der Waals surface area contributed by atoms with Crippen LogP contribution >= 0.6 is 0 Å². The third-order valence-electron chi connectivity index (χ3n) is 6.68. The molecule has 0 aromatic heterocycles. The van der Waals surface area contributed by atoms with Gasteiger partial charge in [-0.25, -0.2) is 0 Å². The molecule has 0 saturated carbocycles. The second-order valence-corrected chi connectivity index (χ2v) is 13.1. The first kappa shape index (κ1) is 37.9. The van der Waals surface area contributed by atoms with Crippen LogP contribution in [0.15, 0.2) is 30.3 Å². The molecule has 0 radical (unpaired) electrons. The van der Waals surface area contributed by atoms with Crippen LogP contribution in [-0.2, 0) is 71.4 Å². The van der Waals surface area contributed by atoms with E-state index in [0.717, 1.165) is 32.2 Å². The summed E-state index contributed by atoms with van der Waals surface area (Å²) in [5.74, 6) is -4.54. The Hall–Kier alpha value is -3.60. The van der Waals surface area contributed by atoms with Crippen molar-refractivity contribution in [3.63, 3.8) is 0 Å². The maximum atomic E-state index is 12.4. The molecular weight excluding hydrogens is 693 g/mol. The van der Waals surface area contributed by atoms with Crippen molar-refractivity contribution in [1.29, 1.82) is 0 Å². The van der Waals surface area contributed by atoms with Gasteiger partial charge in [0.25, 0.3) is 0 Å². The molecule has 47 heavy (non-hydrogen) atoms. The van der Waals surface area contributed by atoms with Crippen molar-refractivity contribution in [2.45, 2.75) is 102 Å². The Morgan fingerprint density at radius 2 is 1.09 bits per heavy atom. The van der Waals surface area contributed by atoms with Crippen molar-refractivity contribution in [3.8, 4) is 0 Å². The van der Waals surface area contributed by atoms with Crippen LogP contribution < -0.4 is 10.2 Å². The summed E-state index contributed by atoms with van der Waals surface area (Å²) in [5, 5.41) is -0.690. The summed E-state index contributed by atoms with van der Waals surface area (Å²) in [6, 6.07) is 8.35. The van der Waals surface area contributed by atoms with E-state index in [1.165, 1.54) is 13.8 Å². The van der Waals surface area contributed by atoms with Crippen LogP contribution in [0.5, 0.6) is 0 Å². The zero-order chi connectivity index (χ0) is 34.8. The topological polar surface area (TPSA) is 212 Å². The van der Waals surface area contributed by atoms with E-state index in [0.29, 0.717) is 0 Å². The molecule has 2 saturated heterocycles. The monoisotopic (exact) mass is 733 g/mol. The van der Waals surface area contributed by atoms with Gasteiger partial charge in [0.15, 0.2) is 0 Å². The summed E-state index contributed by atoms with van der Waals surface area (Å²) in [6.45, 7) is 5.90. The number of benzene rings is 1. The predicted octanol–water partition coefficient (Wildman–Crippen LogP) is -0.969. The van der Waals surface area contributed by atoms with Crippen molar-refractivity contribution in [2.75, 3.05) is 13.2 Å². The molecule has 2 N–H and O–H groups in total. The fourth-order valence-electron chi connectivity index (χ4n) is 4.95. The SMILES string of the molecule is CC(=O)OC[C@H]1O[C@@H](O[C@H]2[C@H](OC(C)=O)[C@@H](N)[C@@H]([Se]c3ccccc3)O[C@@H]2COC(C)=O)[C@H](OC(C)=O)[C@@H](OC(C)=O)[C@H]1OC(C)=O. The van der Waals surface area contributed by atoms with E-state index >= 15 is 0 Å². The zero-order valence-corrected chi connectivity index (χ0v) is 28.4. The quantitative estimate of drug-likeness (QED) is 0.156. The summed E-state index contributed by atoms with van der Waals surface area (Å²) in [4.78, 5) is 72.5. The number of carbonyl (C=O) groups is 6. The van der Waals surface area contributed by atoms with Crippen molar-refractivity contribution >= 4 is 55.2 Å². The van der Waals surface area contributed by atoms with Crippen LogP contribution in [0.1, 0.15) is 41.5 Å². The molecule has 3 rings (SSSR count). The Balaban J connectivity index is 2.07. The molecule has 1 aromatic rings. The van der Waals surface area contributed by atoms with Gasteiger partial charge in [-0.15, -0.1) is 0 Å². The summed E-state index contributed by atoms with van der Waals surface area (Å²) in [5.41, 5.74) is 6.64. The fraction of sp³-hybridized carbons (Fsp3) is 0.600. The molecule has 0 amide bonds. The van der Waals surface area contributed by atoms with E-state index in [-0.39, 0.29) is 6.61 Å². The molecule has 2 fully saturated rings. The molecule has 1 aromatic carbocycles. The van der Waals surface area contributed by atoms with Gasteiger partial charge in [-0.05, 0) is 0 Å². The summed E-state index contributed by atoms with van der Waals surface area (Å²) < 4.78 is 52.1. The number of hydrogen-bond acceptors (Lipinski definition) is 16. The summed E-state index contributed by atoms with van der Waals surface area (Å²) in [7, 11) is 0. The van der Waals surface area contributed by atoms with E-state index < -0.39 is 117 Å². The normalized spacial score (nSPS) is 30.3. The molecule has 2 aliphatic heterocycles. The van der Waals surface area contributed by atoms with Gasteiger partial charge in [0.05, 0.1) is 0 Å². The van der Waals surface area contributed by atoms with Crippen molar-refractivity contribution in [1.82, 2.24) is 0 Å². The molecule has 0 spiro atoms. The van der Waals surface area contributed by atoms with Crippen LogP contribution in [-0.4, -0.2) is 124 Å². The number of hydrogen-bond donors (Lipinski definition) is 1. The number of esters is 6. The van der Waals surface area contributed by atoms with Crippen LogP contribution in [0.2, 0.25) is 0 Å². The standard InChI is InChI=1S/C30H39NO15Se/c1-14(32)38-12-21-25(40-16(3)34)27(42-18(5)36)28(43-19(6)37)29(44-21)46-24-22(13-39-15(2)33)45-30(23(31)26(24)41-17(4)35)47-20-10-8-7-9-11-20/h7-11,21-30H,12-13,31H2,1-6H3/t21-,22-,23-,24-,25+,26-,27+,28-,29+,30-/m1/s1.